The van der Waals surface area contributed by atoms with E-state index in [1.807, 2.05) is 0 Å². The van der Waals surface area contributed by atoms with Gasteiger partial charge < -0.3 is 29.2 Å². The van der Waals surface area contributed by atoms with E-state index >= 15 is 0 Å². The maximum Gasteiger partial charge on any atom is 0.343 e. The van der Waals surface area contributed by atoms with Gasteiger partial charge in [-0.2, -0.15) is 0 Å². The van der Waals surface area contributed by atoms with Gasteiger partial charge in [-0.25, -0.2) is 14.4 Å². The van der Waals surface area contributed by atoms with Crippen molar-refractivity contribution in [3.05, 3.63) is 71.3 Å². The van der Waals surface area contributed by atoms with Crippen molar-refractivity contribution in [2.24, 2.45) is 0 Å². The van der Waals surface area contributed by atoms with Crippen LogP contribution in [0.2, 0.25) is 0 Å². The zero-order valence-electron chi connectivity index (χ0n) is 16.7. The first-order valence-corrected chi connectivity index (χ1v) is 9.29. The fourth-order valence-corrected chi connectivity index (χ4v) is 3.33. The van der Waals surface area contributed by atoms with Crippen molar-refractivity contribution in [2.45, 2.75) is 0 Å². The zero-order chi connectivity index (χ0) is 22.8. The standard InChI is InChI=1S/C23H16O9/c1-29-17-10-15(22(26)27)14(9-18(17)32-23(28)12-5-3-2-4-6-12)19-13(21(24)25)7-8-16-20(19)31-11-30-16/h2-10H,11H2,1H3,(H,24,25)(H,26,27). The minimum Gasteiger partial charge on any atom is -0.493 e. The highest BCUT2D eigenvalue weighted by Gasteiger charge is 2.29. The van der Waals surface area contributed by atoms with Crippen LogP contribution in [-0.2, 0) is 0 Å². The Morgan fingerprint density at radius 3 is 2.25 bits per heavy atom. The molecule has 32 heavy (non-hydrogen) atoms. The van der Waals surface area contributed by atoms with Gasteiger partial charge in [0, 0.05) is 11.1 Å². The first-order valence-electron chi connectivity index (χ1n) is 9.29. The average Bonchev–Trinajstić information content (AvgIpc) is 3.27. The molecule has 0 spiro atoms. The smallest absolute Gasteiger partial charge is 0.343 e. The molecule has 9 nitrogen and oxygen atoms in total. The number of hydrogen-bond donors (Lipinski definition) is 2. The van der Waals surface area contributed by atoms with Crippen LogP contribution in [0.5, 0.6) is 23.0 Å². The van der Waals surface area contributed by atoms with E-state index in [-0.39, 0.29) is 57.6 Å². The van der Waals surface area contributed by atoms with Crippen LogP contribution in [0.4, 0.5) is 0 Å². The molecule has 1 aliphatic heterocycles. The lowest BCUT2D eigenvalue weighted by Crippen LogP contribution is -2.11. The Kier molecular flexibility index (Phi) is 5.38. The van der Waals surface area contributed by atoms with E-state index in [1.165, 1.54) is 25.3 Å². The Morgan fingerprint density at radius 2 is 1.59 bits per heavy atom. The number of hydrogen-bond acceptors (Lipinski definition) is 7. The summed E-state index contributed by atoms with van der Waals surface area (Å²) in [5.74, 6) is -3.10. The Balaban J connectivity index is 1.92. The van der Waals surface area contributed by atoms with Crippen LogP contribution in [0.25, 0.3) is 11.1 Å². The number of aromatic carboxylic acids is 2. The second kappa shape index (κ2) is 8.31. The highest BCUT2D eigenvalue weighted by Crippen LogP contribution is 2.47. The molecule has 0 radical (unpaired) electrons. The van der Waals surface area contributed by atoms with Crippen LogP contribution in [0, 0.1) is 0 Å². The lowest BCUT2D eigenvalue weighted by atomic mass is 9.93. The van der Waals surface area contributed by atoms with Gasteiger partial charge in [-0.15, -0.1) is 0 Å². The van der Waals surface area contributed by atoms with Crippen LogP contribution in [0.1, 0.15) is 31.1 Å². The number of fused-ring (bicyclic) bond motifs is 1. The number of carboxylic acid groups (broad SMARTS) is 2. The largest absolute Gasteiger partial charge is 0.493 e. The maximum absolute atomic E-state index is 12.6. The van der Waals surface area contributed by atoms with Crippen LogP contribution >= 0.6 is 0 Å². The predicted molar refractivity (Wildman–Crippen MR) is 110 cm³/mol. The van der Waals surface area contributed by atoms with Gasteiger partial charge in [0.15, 0.2) is 23.0 Å². The number of esters is 1. The quantitative estimate of drug-likeness (QED) is 0.439. The maximum atomic E-state index is 12.6. The molecule has 1 heterocycles. The summed E-state index contributed by atoms with van der Waals surface area (Å²) in [5, 5.41) is 19.5. The molecule has 0 aromatic heterocycles. The van der Waals surface area contributed by atoms with Crippen LogP contribution in [-0.4, -0.2) is 42.0 Å². The zero-order valence-corrected chi connectivity index (χ0v) is 16.7. The number of carbonyl (C=O) groups excluding carboxylic acids is 1. The molecule has 0 unspecified atom stereocenters. The molecule has 0 amide bonds. The molecule has 4 rings (SSSR count). The Labute approximate surface area is 181 Å². The number of methoxy groups -OCH3 is 1. The molecule has 0 saturated carbocycles. The van der Waals surface area contributed by atoms with Gasteiger partial charge in [0.05, 0.1) is 23.8 Å². The van der Waals surface area contributed by atoms with Crippen molar-refractivity contribution in [3.8, 4) is 34.1 Å². The fourth-order valence-electron chi connectivity index (χ4n) is 3.33. The molecule has 0 atom stereocenters. The van der Waals surface area contributed by atoms with Crippen molar-refractivity contribution in [1.29, 1.82) is 0 Å². The van der Waals surface area contributed by atoms with E-state index in [0.29, 0.717) is 0 Å². The van der Waals surface area contributed by atoms with Crippen molar-refractivity contribution in [2.75, 3.05) is 13.9 Å². The lowest BCUT2D eigenvalue weighted by Gasteiger charge is -2.16. The minimum absolute atomic E-state index is 0.00966. The fraction of sp³-hybridized carbons (Fsp3) is 0.0870. The van der Waals surface area contributed by atoms with Gasteiger partial charge in [-0.05, 0) is 36.4 Å². The van der Waals surface area contributed by atoms with E-state index in [9.17, 15) is 24.6 Å². The summed E-state index contributed by atoms with van der Waals surface area (Å²) in [6.45, 7) is -0.153. The van der Waals surface area contributed by atoms with E-state index in [1.54, 1.807) is 30.3 Å². The molecule has 0 bridgehead atoms. The van der Waals surface area contributed by atoms with Crippen molar-refractivity contribution in [1.82, 2.24) is 0 Å². The average molecular weight is 436 g/mol. The third-order valence-electron chi connectivity index (χ3n) is 4.79. The number of benzene rings is 3. The molecule has 162 valence electrons. The molecular formula is C23H16O9. The third kappa shape index (κ3) is 3.67. The summed E-state index contributed by atoms with van der Waals surface area (Å²) >= 11 is 0. The Hall–Kier alpha value is -4.53. The van der Waals surface area contributed by atoms with Crippen LogP contribution in [0.15, 0.2) is 54.6 Å². The molecular weight excluding hydrogens is 420 g/mol. The topological polar surface area (TPSA) is 129 Å². The van der Waals surface area contributed by atoms with Crippen molar-refractivity contribution >= 4 is 17.9 Å². The second-order valence-corrected chi connectivity index (χ2v) is 6.64. The third-order valence-corrected chi connectivity index (χ3v) is 4.79. The number of carboxylic acids is 2. The highest BCUT2D eigenvalue weighted by molar-refractivity contribution is 6.05. The number of rotatable bonds is 6. The van der Waals surface area contributed by atoms with Crippen LogP contribution in [0.3, 0.4) is 0 Å². The number of carbonyl (C=O) groups is 3. The Morgan fingerprint density at radius 1 is 0.875 bits per heavy atom. The molecule has 3 aromatic carbocycles. The minimum atomic E-state index is -1.34. The first-order chi connectivity index (χ1) is 15.4. The predicted octanol–water partition coefficient (Wildman–Crippen LogP) is 3.71. The molecule has 0 saturated heterocycles. The monoisotopic (exact) mass is 436 g/mol. The molecule has 3 aromatic rings. The van der Waals surface area contributed by atoms with Gasteiger partial charge in [0.2, 0.25) is 6.79 Å². The summed E-state index contributed by atoms with van der Waals surface area (Å²) in [6.07, 6.45) is 0. The summed E-state index contributed by atoms with van der Waals surface area (Å²) in [6, 6.07) is 13.3. The molecule has 0 fully saturated rings. The normalized spacial score (nSPS) is 11.7. The second-order valence-electron chi connectivity index (χ2n) is 6.64. The van der Waals surface area contributed by atoms with Crippen LogP contribution < -0.4 is 18.9 Å². The molecule has 1 aliphatic rings. The van der Waals surface area contributed by atoms with Gasteiger partial charge in [0.25, 0.3) is 0 Å². The van der Waals surface area contributed by atoms with Gasteiger partial charge in [-0.3, -0.25) is 0 Å². The SMILES string of the molecule is COc1cc(C(=O)O)c(-c2c(C(=O)O)ccc3c2OCO3)cc1OC(=O)c1ccccc1. The van der Waals surface area contributed by atoms with E-state index in [4.69, 9.17) is 18.9 Å². The van der Waals surface area contributed by atoms with E-state index in [0.717, 1.165) is 6.07 Å². The lowest BCUT2D eigenvalue weighted by molar-refractivity contribution is 0.0683. The molecule has 9 heteroatoms. The summed E-state index contributed by atoms with van der Waals surface area (Å²) < 4.78 is 21.4. The van der Waals surface area contributed by atoms with Gasteiger partial charge in [0.1, 0.15) is 0 Å². The van der Waals surface area contributed by atoms with E-state index < -0.39 is 17.9 Å². The summed E-state index contributed by atoms with van der Waals surface area (Å²) in [7, 11) is 1.29. The van der Waals surface area contributed by atoms with E-state index in [2.05, 4.69) is 0 Å². The first kappa shape index (κ1) is 20.7. The highest BCUT2D eigenvalue weighted by atomic mass is 16.7. The molecule has 0 aliphatic carbocycles. The number of ether oxygens (including phenoxy) is 4. The summed E-state index contributed by atoms with van der Waals surface area (Å²) in [4.78, 5) is 36.5. The summed E-state index contributed by atoms with van der Waals surface area (Å²) in [5.41, 5.74) is -0.254. The van der Waals surface area contributed by atoms with Crippen molar-refractivity contribution in [3.63, 3.8) is 0 Å². The molecule has 2 N–H and O–H groups in total. The van der Waals surface area contributed by atoms with Crippen molar-refractivity contribution < 1.29 is 43.5 Å². The van der Waals surface area contributed by atoms with Gasteiger partial charge in [-0.1, -0.05) is 18.2 Å². The van der Waals surface area contributed by atoms with Gasteiger partial charge >= 0.3 is 17.9 Å². The Bertz CT molecular complexity index is 1230.